The molecule has 2 rings (SSSR count). The Labute approximate surface area is 85.3 Å². The smallest absolute Gasteiger partial charge is 0.0806 e. The van der Waals surface area contributed by atoms with E-state index in [0.717, 1.165) is 19.7 Å². The lowest BCUT2D eigenvalue weighted by Crippen LogP contribution is -2.53. The Morgan fingerprint density at radius 3 is 3.07 bits per heavy atom. The Morgan fingerprint density at radius 1 is 1.36 bits per heavy atom. The first-order chi connectivity index (χ1) is 6.92. The first-order valence-corrected chi connectivity index (χ1v) is 5.59. The van der Waals surface area contributed by atoms with Gasteiger partial charge in [-0.1, -0.05) is 12.8 Å². The van der Waals surface area contributed by atoms with E-state index in [1.807, 2.05) is 0 Å². The van der Waals surface area contributed by atoms with Crippen LogP contribution in [0.25, 0.3) is 0 Å². The molecule has 1 aliphatic heterocycles. The minimum Gasteiger partial charge on any atom is -0.375 e. The van der Waals surface area contributed by atoms with Crippen molar-refractivity contribution in [3.63, 3.8) is 0 Å². The van der Waals surface area contributed by atoms with Crippen LogP contribution in [0.3, 0.4) is 0 Å². The highest BCUT2D eigenvalue weighted by molar-refractivity contribution is 4.87. The molecule has 4 nitrogen and oxygen atoms in total. The van der Waals surface area contributed by atoms with Gasteiger partial charge in [0.15, 0.2) is 0 Å². The Morgan fingerprint density at radius 2 is 2.21 bits per heavy atom. The van der Waals surface area contributed by atoms with Crippen molar-refractivity contribution in [2.24, 2.45) is 5.90 Å². The minimum atomic E-state index is 0.468. The van der Waals surface area contributed by atoms with Crippen LogP contribution in [0, 0.1) is 0 Å². The number of ether oxygens (including phenoxy) is 1. The molecule has 0 aromatic carbocycles. The number of nitrogens with zero attached hydrogens (tertiary/aromatic N) is 1. The molecule has 2 fully saturated rings. The molecule has 2 atom stereocenters. The third-order valence-corrected chi connectivity index (χ3v) is 3.34. The van der Waals surface area contributed by atoms with Crippen LogP contribution in [0.15, 0.2) is 0 Å². The summed E-state index contributed by atoms with van der Waals surface area (Å²) >= 11 is 0. The van der Waals surface area contributed by atoms with Crippen molar-refractivity contribution >= 4 is 0 Å². The summed E-state index contributed by atoms with van der Waals surface area (Å²) in [6.45, 7) is 3.47. The van der Waals surface area contributed by atoms with Gasteiger partial charge in [0.25, 0.3) is 0 Å². The van der Waals surface area contributed by atoms with E-state index in [9.17, 15) is 0 Å². The minimum absolute atomic E-state index is 0.468. The van der Waals surface area contributed by atoms with Gasteiger partial charge < -0.3 is 9.57 Å². The van der Waals surface area contributed by atoms with Crippen molar-refractivity contribution in [3.05, 3.63) is 0 Å². The molecule has 0 bridgehead atoms. The van der Waals surface area contributed by atoms with Crippen LogP contribution in [-0.2, 0) is 9.57 Å². The van der Waals surface area contributed by atoms with Gasteiger partial charge in [-0.2, -0.15) is 0 Å². The summed E-state index contributed by atoms with van der Waals surface area (Å²) in [7, 11) is 0. The number of rotatable bonds is 3. The third kappa shape index (κ3) is 2.25. The van der Waals surface area contributed by atoms with Crippen LogP contribution in [0.1, 0.15) is 25.7 Å². The highest BCUT2D eigenvalue weighted by Gasteiger charge is 2.33. The average Bonchev–Trinajstić information content (AvgIpc) is 2.26. The van der Waals surface area contributed by atoms with E-state index < -0.39 is 0 Å². The van der Waals surface area contributed by atoms with Gasteiger partial charge in [0.1, 0.15) is 0 Å². The molecule has 0 aromatic heterocycles. The first kappa shape index (κ1) is 10.4. The van der Waals surface area contributed by atoms with Crippen molar-refractivity contribution in [1.82, 2.24) is 4.90 Å². The molecule has 4 heteroatoms. The fraction of sp³-hybridized carbons (Fsp3) is 1.00. The number of hydrogen-bond donors (Lipinski definition) is 1. The van der Waals surface area contributed by atoms with Crippen molar-refractivity contribution in [2.45, 2.75) is 37.8 Å². The first-order valence-electron chi connectivity index (χ1n) is 5.59. The summed E-state index contributed by atoms with van der Waals surface area (Å²) in [5, 5.41) is 0. The Balaban J connectivity index is 1.88. The molecular weight excluding hydrogens is 180 g/mol. The van der Waals surface area contributed by atoms with E-state index in [1.54, 1.807) is 0 Å². The molecule has 82 valence electrons. The van der Waals surface area contributed by atoms with E-state index in [4.69, 9.17) is 10.6 Å². The maximum absolute atomic E-state index is 5.78. The second-order valence-corrected chi connectivity index (χ2v) is 4.17. The van der Waals surface area contributed by atoms with E-state index >= 15 is 0 Å². The van der Waals surface area contributed by atoms with Crippen molar-refractivity contribution in [2.75, 3.05) is 26.3 Å². The summed E-state index contributed by atoms with van der Waals surface area (Å²) in [5.41, 5.74) is 0. The predicted octanol–water partition coefficient (Wildman–Crippen LogP) is 0.520. The second kappa shape index (κ2) is 5.07. The average molecular weight is 200 g/mol. The number of hydrogen-bond acceptors (Lipinski definition) is 4. The fourth-order valence-electron chi connectivity index (χ4n) is 2.62. The molecule has 2 unspecified atom stereocenters. The van der Waals surface area contributed by atoms with Crippen LogP contribution < -0.4 is 5.90 Å². The Hall–Kier alpha value is -0.160. The zero-order chi connectivity index (χ0) is 9.80. The molecule has 1 aliphatic carbocycles. The summed E-state index contributed by atoms with van der Waals surface area (Å²) in [6.07, 6.45) is 5.63. The van der Waals surface area contributed by atoms with Crippen molar-refractivity contribution in [3.8, 4) is 0 Å². The zero-order valence-corrected chi connectivity index (χ0v) is 8.65. The van der Waals surface area contributed by atoms with Gasteiger partial charge in [0, 0.05) is 19.1 Å². The molecule has 1 saturated heterocycles. The van der Waals surface area contributed by atoms with Crippen molar-refractivity contribution in [1.29, 1.82) is 0 Å². The summed E-state index contributed by atoms with van der Waals surface area (Å²) in [6, 6.07) is 0.618. The van der Waals surface area contributed by atoms with Gasteiger partial charge in [0.2, 0.25) is 0 Å². The van der Waals surface area contributed by atoms with Gasteiger partial charge in [-0.05, 0) is 12.8 Å². The molecule has 0 amide bonds. The predicted molar refractivity (Wildman–Crippen MR) is 53.7 cm³/mol. The van der Waals surface area contributed by atoms with Gasteiger partial charge in [-0.15, -0.1) is 0 Å². The lowest BCUT2D eigenvalue weighted by atomic mass is 9.90. The van der Waals surface area contributed by atoms with Crippen LogP contribution in [0.2, 0.25) is 0 Å². The topological polar surface area (TPSA) is 47.7 Å². The molecule has 1 heterocycles. The summed E-state index contributed by atoms with van der Waals surface area (Å²) in [4.78, 5) is 7.11. The largest absolute Gasteiger partial charge is 0.375 e. The van der Waals surface area contributed by atoms with Gasteiger partial charge >= 0.3 is 0 Å². The molecule has 0 radical (unpaired) electrons. The number of nitrogens with two attached hydrogens (primary N) is 1. The SMILES string of the molecule is NOCCN1CCOC2CCCCC21. The van der Waals surface area contributed by atoms with E-state index in [-0.39, 0.29) is 0 Å². The Kier molecular flexibility index (Phi) is 3.75. The molecule has 2 N–H and O–H groups in total. The van der Waals surface area contributed by atoms with Crippen LogP contribution >= 0.6 is 0 Å². The molecule has 2 aliphatic rings. The molecule has 0 aromatic rings. The lowest BCUT2D eigenvalue weighted by molar-refractivity contribution is -0.0934. The highest BCUT2D eigenvalue weighted by atomic mass is 16.6. The lowest BCUT2D eigenvalue weighted by Gasteiger charge is -2.43. The van der Waals surface area contributed by atoms with Crippen LogP contribution in [0.4, 0.5) is 0 Å². The third-order valence-electron chi connectivity index (χ3n) is 3.34. The second-order valence-electron chi connectivity index (χ2n) is 4.17. The fourth-order valence-corrected chi connectivity index (χ4v) is 2.62. The quantitative estimate of drug-likeness (QED) is 0.675. The zero-order valence-electron chi connectivity index (χ0n) is 8.65. The maximum atomic E-state index is 5.78. The van der Waals surface area contributed by atoms with E-state index in [0.29, 0.717) is 18.8 Å². The van der Waals surface area contributed by atoms with Crippen molar-refractivity contribution < 1.29 is 9.57 Å². The maximum Gasteiger partial charge on any atom is 0.0806 e. The molecule has 1 saturated carbocycles. The highest BCUT2D eigenvalue weighted by Crippen LogP contribution is 2.27. The number of morpholine rings is 1. The van der Waals surface area contributed by atoms with E-state index in [1.165, 1.54) is 25.7 Å². The van der Waals surface area contributed by atoms with Gasteiger partial charge in [-0.25, -0.2) is 5.90 Å². The summed E-state index contributed by atoms with van der Waals surface area (Å²) in [5.74, 6) is 5.06. The Bertz CT molecular complexity index is 176. The van der Waals surface area contributed by atoms with Gasteiger partial charge in [0.05, 0.1) is 19.3 Å². The standard InChI is InChI=1S/C10H20N2O2/c11-14-8-6-12-5-7-13-10-4-2-1-3-9(10)12/h9-10H,1-8,11H2. The normalized spacial score (nSPS) is 34.1. The molecule has 0 spiro atoms. The number of fused-ring (bicyclic) bond motifs is 1. The summed E-state index contributed by atoms with van der Waals surface area (Å²) < 4.78 is 5.78. The van der Waals surface area contributed by atoms with Crippen LogP contribution in [0.5, 0.6) is 0 Å². The molecular formula is C10H20N2O2. The van der Waals surface area contributed by atoms with Crippen LogP contribution in [-0.4, -0.2) is 43.3 Å². The monoisotopic (exact) mass is 200 g/mol. The van der Waals surface area contributed by atoms with Gasteiger partial charge in [-0.3, -0.25) is 4.90 Å². The molecule has 14 heavy (non-hydrogen) atoms. The van der Waals surface area contributed by atoms with E-state index in [2.05, 4.69) is 9.74 Å².